The summed E-state index contributed by atoms with van der Waals surface area (Å²) in [6.45, 7) is 1.82. The number of aromatic nitrogens is 3. The Labute approximate surface area is 106 Å². The number of alkyl halides is 3. The van der Waals surface area contributed by atoms with Gasteiger partial charge in [-0.05, 0) is 18.1 Å². The van der Waals surface area contributed by atoms with Crippen LogP contribution in [0.1, 0.15) is 28.7 Å². The Kier molecular flexibility index (Phi) is 3.37. The van der Waals surface area contributed by atoms with Crippen molar-refractivity contribution in [1.82, 2.24) is 15.0 Å². The average Bonchev–Trinajstić information content (AvgIpc) is 2.82. The predicted molar refractivity (Wildman–Crippen MR) is 61.1 cm³/mol. The molecule has 0 spiro atoms. The predicted octanol–water partition coefficient (Wildman–Crippen LogP) is 2.66. The largest absolute Gasteiger partial charge is 0.435 e. The van der Waals surface area contributed by atoms with Gasteiger partial charge in [0.25, 0.3) is 0 Å². The normalized spacial score (nSPS) is 11.6. The Morgan fingerprint density at radius 1 is 1.32 bits per heavy atom. The fourth-order valence-corrected chi connectivity index (χ4v) is 1.82. The van der Waals surface area contributed by atoms with Gasteiger partial charge in [-0.25, -0.2) is 4.68 Å². The number of benzene rings is 1. The van der Waals surface area contributed by atoms with Crippen LogP contribution in [0.4, 0.5) is 13.2 Å². The van der Waals surface area contributed by atoms with Crippen molar-refractivity contribution >= 4 is 6.29 Å². The third-order valence-corrected chi connectivity index (χ3v) is 2.68. The summed E-state index contributed by atoms with van der Waals surface area (Å²) in [6.07, 6.45) is -4.09. The maximum Gasteiger partial charge on any atom is 0.435 e. The fourth-order valence-electron chi connectivity index (χ4n) is 1.82. The lowest BCUT2D eigenvalue weighted by Gasteiger charge is -2.12. The van der Waals surface area contributed by atoms with E-state index in [0.29, 0.717) is 16.7 Å². The molecular weight excluding hydrogens is 259 g/mol. The molecule has 0 saturated carbocycles. The summed E-state index contributed by atoms with van der Waals surface area (Å²) < 4.78 is 39.6. The van der Waals surface area contributed by atoms with Crippen LogP contribution in [0, 0.1) is 0 Å². The van der Waals surface area contributed by atoms with Crippen molar-refractivity contribution in [2.24, 2.45) is 0 Å². The average molecular weight is 269 g/mol. The van der Waals surface area contributed by atoms with Gasteiger partial charge in [-0.2, -0.15) is 13.2 Å². The van der Waals surface area contributed by atoms with Crippen LogP contribution in [0.3, 0.4) is 0 Å². The highest BCUT2D eigenvalue weighted by atomic mass is 19.4. The lowest BCUT2D eigenvalue weighted by Crippen LogP contribution is -2.16. The number of nitrogens with zero attached hydrogens (tertiary/aromatic N) is 3. The summed E-state index contributed by atoms with van der Waals surface area (Å²) in [5, 5.41) is 6.73. The van der Waals surface area contributed by atoms with Crippen LogP contribution in [-0.4, -0.2) is 21.3 Å². The molecule has 7 heteroatoms. The van der Waals surface area contributed by atoms with Crippen LogP contribution < -0.4 is 0 Å². The van der Waals surface area contributed by atoms with Crippen molar-refractivity contribution < 1.29 is 18.0 Å². The quantitative estimate of drug-likeness (QED) is 0.805. The minimum Gasteiger partial charge on any atom is -0.296 e. The first kappa shape index (κ1) is 13.3. The molecule has 0 aliphatic heterocycles. The molecule has 4 nitrogen and oxygen atoms in total. The van der Waals surface area contributed by atoms with Gasteiger partial charge in [0.1, 0.15) is 0 Å². The molecule has 0 N–H and O–H groups in total. The Hall–Kier alpha value is -2.18. The summed E-state index contributed by atoms with van der Waals surface area (Å²) in [6, 6.07) is 6.55. The first-order valence-electron chi connectivity index (χ1n) is 5.55. The van der Waals surface area contributed by atoms with Gasteiger partial charge in [-0.3, -0.25) is 4.79 Å². The zero-order valence-electron chi connectivity index (χ0n) is 9.98. The van der Waals surface area contributed by atoms with Crippen molar-refractivity contribution in [2.75, 3.05) is 0 Å². The highest BCUT2D eigenvalue weighted by molar-refractivity contribution is 5.74. The van der Waals surface area contributed by atoms with E-state index in [1.165, 1.54) is 6.07 Å². The Balaban J connectivity index is 2.70. The minimum absolute atomic E-state index is 0.0564. The van der Waals surface area contributed by atoms with Crippen molar-refractivity contribution in [3.63, 3.8) is 0 Å². The van der Waals surface area contributed by atoms with Gasteiger partial charge in [0.15, 0.2) is 17.7 Å². The van der Waals surface area contributed by atoms with Crippen LogP contribution >= 0.6 is 0 Å². The summed E-state index contributed by atoms with van der Waals surface area (Å²) >= 11 is 0. The molecule has 0 atom stereocenters. The molecule has 1 aromatic heterocycles. The molecule has 2 aromatic rings. The van der Waals surface area contributed by atoms with Crippen molar-refractivity contribution in [1.29, 1.82) is 0 Å². The van der Waals surface area contributed by atoms with E-state index >= 15 is 0 Å². The van der Waals surface area contributed by atoms with E-state index in [1.807, 2.05) is 6.92 Å². The van der Waals surface area contributed by atoms with Crippen LogP contribution in [-0.2, 0) is 12.6 Å². The second-order valence-corrected chi connectivity index (χ2v) is 3.83. The summed E-state index contributed by atoms with van der Waals surface area (Å²) in [4.78, 5) is 10.7. The maximum absolute atomic E-state index is 13.0. The van der Waals surface area contributed by atoms with Crippen LogP contribution in [0.15, 0.2) is 24.3 Å². The zero-order chi connectivity index (χ0) is 14.0. The SMILES string of the molecule is CCc1ccccc1-n1nnc(C=O)c1C(F)(F)F. The lowest BCUT2D eigenvalue weighted by atomic mass is 10.1. The van der Waals surface area contributed by atoms with Crippen LogP contribution in [0.2, 0.25) is 0 Å². The Morgan fingerprint density at radius 3 is 2.58 bits per heavy atom. The van der Waals surface area contributed by atoms with Crippen LogP contribution in [0.5, 0.6) is 0 Å². The van der Waals surface area contributed by atoms with E-state index in [4.69, 9.17) is 0 Å². The topological polar surface area (TPSA) is 47.8 Å². The van der Waals surface area contributed by atoms with Gasteiger partial charge in [0.05, 0.1) is 5.69 Å². The number of hydrogen-bond acceptors (Lipinski definition) is 3. The van der Waals surface area contributed by atoms with Crippen LogP contribution in [0.25, 0.3) is 5.69 Å². The number of carbonyl (C=O) groups excluding carboxylic acids is 1. The number of hydrogen-bond donors (Lipinski definition) is 0. The molecule has 0 aliphatic carbocycles. The minimum atomic E-state index is -4.69. The van der Waals surface area contributed by atoms with E-state index in [0.717, 1.165) is 0 Å². The molecule has 0 unspecified atom stereocenters. The number of halogens is 3. The smallest absolute Gasteiger partial charge is 0.296 e. The highest BCUT2D eigenvalue weighted by Crippen LogP contribution is 2.32. The van der Waals surface area contributed by atoms with E-state index < -0.39 is 17.6 Å². The number of carbonyl (C=O) groups is 1. The number of para-hydroxylation sites is 1. The number of aldehydes is 1. The summed E-state index contributed by atoms with van der Waals surface area (Å²) in [5.41, 5.74) is -0.893. The molecule has 19 heavy (non-hydrogen) atoms. The fraction of sp³-hybridized carbons (Fsp3) is 0.250. The van der Waals surface area contributed by atoms with Gasteiger partial charge in [-0.15, -0.1) is 5.10 Å². The van der Waals surface area contributed by atoms with Crippen molar-refractivity contribution in [3.05, 3.63) is 41.2 Å². The molecule has 2 rings (SSSR count). The van der Waals surface area contributed by atoms with E-state index in [9.17, 15) is 18.0 Å². The zero-order valence-corrected chi connectivity index (χ0v) is 9.98. The molecule has 1 aromatic carbocycles. The van der Waals surface area contributed by atoms with E-state index in [-0.39, 0.29) is 12.0 Å². The van der Waals surface area contributed by atoms with Crippen molar-refractivity contribution in [3.8, 4) is 5.69 Å². The lowest BCUT2D eigenvalue weighted by molar-refractivity contribution is -0.143. The van der Waals surface area contributed by atoms with Gasteiger partial charge < -0.3 is 0 Å². The maximum atomic E-state index is 13.0. The Bertz CT molecular complexity index is 605. The Morgan fingerprint density at radius 2 is 2.00 bits per heavy atom. The molecule has 0 bridgehead atoms. The molecule has 0 aliphatic rings. The number of rotatable bonds is 3. The molecule has 0 radical (unpaired) electrons. The molecular formula is C12H10F3N3O. The number of aryl methyl sites for hydroxylation is 1. The summed E-state index contributed by atoms with van der Waals surface area (Å²) in [7, 11) is 0. The second-order valence-electron chi connectivity index (χ2n) is 3.83. The van der Waals surface area contributed by atoms with Crippen molar-refractivity contribution in [2.45, 2.75) is 19.5 Å². The molecule has 0 amide bonds. The summed E-state index contributed by atoms with van der Waals surface area (Å²) in [5.74, 6) is 0. The third kappa shape index (κ3) is 2.35. The molecule has 1 heterocycles. The van der Waals surface area contributed by atoms with E-state index in [1.54, 1.807) is 18.2 Å². The molecule has 100 valence electrons. The molecule has 0 fully saturated rings. The molecule has 0 saturated heterocycles. The van der Waals surface area contributed by atoms with Gasteiger partial charge in [0.2, 0.25) is 0 Å². The second kappa shape index (κ2) is 4.83. The van der Waals surface area contributed by atoms with Gasteiger partial charge >= 0.3 is 6.18 Å². The monoisotopic (exact) mass is 269 g/mol. The van der Waals surface area contributed by atoms with Gasteiger partial charge in [-0.1, -0.05) is 30.3 Å². The van der Waals surface area contributed by atoms with Gasteiger partial charge in [0, 0.05) is 0 Å². The first-order chi connectivity index (χ1) is 8.99. The third-order valence-electron chi connectivity index (χ3n) is 2.68. The van der Waals surface area contributed by atoms with E-state index in [2.05, 4.69) is 10.3 Å². The standard InChI is InChI=1S/C12H10F3N3O/c1-2-8-5-3-4-6-10(8)18-11(12(13,14)15)9(7-19)16-17-18/h3-7H,2H2,1H3. The first-order valence-corrected chi connectivity index (χ1v) is 5.55. The highest BCUT2D eigenvalue weighted by Gasteiger charge is 2.40.